The van der Waals surface area contributed by atoms with Crippen molar-refractivity contribution in [2.45, 2.75) is 12.8 Å². The van der Waals surface area contributed by atoms with Gasteiger partial charge in [-0.15, -0.1) is 11.3 Å². The molecule has 4 rings (SSSR count). The number of amides is 2. The summed E-state index contributed by atoms with van der Waals surface area (Å²) in [4.78, 5) is 26.8. The summed E-state index contributed by atoms with van der Waals surface area (Å²) in [5, 5.41) is 21.6. The number of anilines is 2. The van der Waals surface area contributed by atoms with Gasteiger partial charge in [0.2, 0.25) is 5.91 Å². The van der Waals surface area contributed by atoms with E-state index in [9.17, 15) is 14.9 Å². The highest BCUT2D eigenvalue weighted by molar-refractivity contribution is 9.10. The molecule has 0 saturated carbocycles. The third-order valence-electron chi connectivity index (χ3n) is 5.21. The molecular weight excluding hydrogens is 544 g/mol. The van der Waals surface area contributed by atoms with Gasteiger partial charge in [0.05, 0.1) is 28.3 Å². The van der Waals surface area contributed by atoms with Crippen LogP contribution in [0.2, 0.25) is 0 Å². The van der Waals surface area contributed by atoms with Crippen molar-refractivity contribution in [3.05, 3.63) is 103 Å². The average Bonchev–Trinajstić information content (AvgIpc) is 3.37. The molecule has 9 heteroatoms. The Morgan fingerprint density at radius 1 is 1.09 bits per heavy atom. The first kappa shape index (κ1) is 24.8. The van der Waals surface area contributed by atoms with E-state index >= 15 is 0 Å². The monoisotopic (exact) mass is 564 g/mol. The van der Waals surface area contributed by atoms with E-state index in [1.54, 1.807) is 0 Å². The van der Waals surface area contributed by atoms with Gasteiger partial charge in [0.1, 0.15) is 0 Å². The van der Waals surface area contributed by atoms with E-state index in [1.165, 1.54) is 23.1 Å². The van der Waals surface area contributed by atoms with E-state index in [0.717, 1.165) is 9.35 Å². The van der Waals surface area contributed by atoms with Crippen molar-refractivity contribution < 1.29 is 9.59 Å². The maximum Gasteiger partial charge on any atom is 0.254 e. The van der Waals surface area contributed by atoms with Crippen LogP contribution in [0.5, 0.6) is 0 Å². The molecular formula is C26H21BrN4O2S2. The lowest BCUT2D eigenvalue weighted by Crippen LogP contribution is -2.30. The number of nitrogens with one attached hydrogen (secondary N) is 3. The number of thioether (sulfide) groups is 1. The standard InChI is InChI=1S/C26H21BrN4O2S2/c1-16-23(25(33)31-18-8-3-2-4-9-18)24(21-11-6-12-34-21)20(14-28)26(29-16)35-15-22(32)30-19-10-5-7-17(27)13-19/h2-13,24,29H,15H2,1H3,(H,30,32)(H,31,33). The van der Waals surface area contributed by atoms with Crippen LogP contribution in [0.4, 0.5) is 11.4 Å². The number of benzene rings is 2. The highest BCUT2D eigenvalue weighted by Gasteiger charge is 2.35. The molecule has 3 N–H and O–H groups in total. The van der Waals surface area contributed by atoms with Gasteiger partial charge in [0.15, 0.2) is 0 Å². The zero-order valence-corrected chi connectivity index (χ0v) is 21.9. The molecule has 2 aromatic carbocycles. The molecule has 6 nitrogen and oxygen atoms in total. The van der Waals surface area contributed by atoms with Crippen molar-refractivity contribution in [3.8, 4) is 6.07 Å². The summed E-state index contributed by atoms with van der Waals surface area (Å²) in [5.74, 6) is -0.887. The van der Waals surface area contributed by atoms with Gasteiger partial charge < -0.3 is 16.0 Å². The highest BCUT2D eigenvalue weighted by Crippen LogP contribution is 2.42. The van der Waals surface area contributed by atoms with Crippen LogP contribution in [-0.2, 0) is 9.59 Å². The number of halogens is 1. The number of para-hydroxylation sites is 1. The van der Waals surface area contributed by atoms with Crippen molar-refractivity contribution >= 4 is 62.2 Å². The summed E-state index contributed by atoms with van der Waals surface area (Å²) in [6.07, 6.45) is 0. The quantitative estimate of drug-likeness (QED) is 0.317. The van der Waals surface area contributed by atoms with E-state index in [2.05, 4.69) is 37.9 Å². The molecule has 0 fully saturated rings. The Kier molecular flexibility index (Phi) is 8.08. The number of dihydropyridines is 1. The number of allylic oxidation sites excluding steroid dienone is 2. The van der Waals surface area contributed by atoms with Crippen LogP contribution in [0.3, 0.4) is 0 Å². The zero-order chi connectivity index (χ0) is 24.8. The van der Waals surface area contributed by atoms with Crippen LogP contribution in [0.1, 0.15) is 17.7 Å². The number of hydrogen-bond donors (Lipinski definition) is 3. The first-order chi connectivity index (χ1) is 17.0. The summed E-state index contributed by atoms with van der Waals surface area (Å²) in [6.45, 7) is 1.82. The van der Waals surface area contributed by atoms with E-state index in [-0.39, 0.29) is 17.6 Å². The molecule has 0 radical (unpaired) electrons. The lowest BCUT2D eigenvalue weighted by atomic mass is 9.86. The lowest BCUT2D eigenvalue weighted by molar-refractivity contribution is -0.114. The summed E-state index contributed by atoms with van der Waals surface area (Å²) in [6, 6.07) is 22.7. The molecule has 2 amide bonds. The first-order valence-electron chi connectivity index (χ1n) is 10.7. The van der Waals surface area contributed by atoms with Crippen molar-refractivity contribution in [2.24, 2.45) is 0 Å². The van der Waals surface area contributed by atoms with Gasteiger partial charge in [0, 0.05) is 32.0 Å². The topological polar surface area (TPSA) is 94.0 Å². The molecule has 35 heavy (non-hydrogen) atoms. The second-order valence-corrected chi connectivity index (χ2v) is 10.5. The minimum Gasteiger partial charge on any atom is -0.353 e. The van der Waals surface area contributed by atoms with Crippen molar-refractivity contribution in [1.29, 1.82) is 5.26 Å². The Balaban J connectivity index is 1.58. The van der Waals surface area contributed by atoms with Crippen molar-refractivity contribution in [3.63, 3.8) is 0 Å². The second-order valence-electron chi connectivity index (χ2n) is 7.63. The molecule has 0 bridgehead atoms. The van der Waals surface area contributed by atoms with Gasteiger partial charge in [-0.1, -0.05) is 58.0 Å². The summed E-state index contributed by atoms with van der Waals surface area (Å²) in [5.41, 5.74) is 2.90. The van der Waals surface area contributed by atoms with Gasteiger partial charge in [0.25, 0.3) is 5.91 Å². The number of thiophene rings is 1. The maximum absolute atomic E-state index is 13.3. The number of carbonyl (C=O) groups excluding carboxylic acids is 2. The predicted molar refractivity (Wildman–Crippen MR) is 146 cm³/mol. The second kappa shape index (κ2) is 11.4. The highest BCUT2D eigenvalue weighted by atomic mass is 79.9. The van der Waals surface area contributed by atoms with E-state index in [1.807, 2.05) is 79.0 Å². The van der Waals surface area contributed by atoms with Gasteiger partial charge in [-0.2, -0.15) is 5.26 Å². The fourth-order valence-electron chi connectivity index (χ4n) is 3.69. The third-order valence-corrected chi connectivity index (χ3v) is 7.66. The predicted octanol–water partition coefficient (Wildman–Crippen LogP) is 6.22. The number of carbonyl (C=O) groups is 2. The Hall–Kier alpha value is -3.32. The molecule has 0 aliphatic carbocycles. The molecule has 176 valence electrons. The van der Waals surface area contributed by atoms with Gasteiger partial charge in [-0.25, -0.2) is 0 Å². The number of hydrogen-bond acceptors (Lipinski definition) is 6. The fraction of sp³-hybridized carbons (Fsp3) is 0.115. The minimum atomic E-state index is -0.527. The molecule has 1 aliphatic heterocycles. The van der Waals surface area contributed by atoms with Gasteiger partial charge in [-0.3, -0.25) is 9.59 Å². The third kappa shape index (κ3) is 6.03. The summed E-state index contributed by atoms with van der Waals surface area (Å²) in [7, 11) is 0. The molecule has 0 saturated heterocycles. The van der Waals surface area contributed by atoms with E-state index in [0.29, 0.717) is 33.2 Å². The minimum absolute atomic E-state index is 0.107. The Morgan fingerprint density at radius 3 is 2.54 bits per heavy atom. The molecule has 1 aliphatic rings. The SMILES string of the molecule is CC1=C(C(=O)Nc2ccccc2)C(c2cccs2)C(C#N)=C(SCC(=O)Nc2cccc(Br)c2)N1. The first-order valence-corrected chi connectivity index (χ1v) is 13.3. The molecule has 3 aromatic rings. The molecule has 1 aromatic heterocycles. The fourth-order valence-corrected chi connectivity index (χ4v) is 5.82. The van der Waals surface area contributed by atoms with Crippen LogP contribution in [0.15, 0.2) is 98.5 Å². The number of nitriles is 1. The summed E-state index contributed by atoms with van der Waals surface area (Å²) < 4.78 is 0.868. The number of rotatable bonds is 7. The molecule has 1 atom stereocenters. The van der Waals surface area contributed by atoms with Crippen LogP contribution < -0.4 is 16.0 Å². The van der Waals surface area contributed by atoms with Crippen LogP contribution in [0, 0.1) is 11.3 Å². The summed E-state index contributed by atoms with van der Waals surface area (Å²) >= 11 is 6.13. The van der Waals surface area contributed by atoms with Gasteiger partial charge >= 0.3 is 0 Å². The van der Waals surface area contributed by atoms with Crippen LogP contribution in [0.25, 0.3) is 0 Å². The molecule has 2 heterocycles. The van der Waals surface area contributed by atoms with Crippen LogP contribution >= 0.6 is 39.0 Å². The Bertz CT molecular complexity index is 1350. The van der Waals surface area contributed by atoms with Crippen molar-refractivity contribution in [2.75, 3.05) is 16.4 Å². The van der Waals surface area contributed by atoms with Crippen LogP contribution in [-0.4, -0.2) is 17.6 Å². The largest absolute Gasteiger partial charge is 0.353 e. The van der Waals surface area contributed by atoms with E-state index in [4.69, 9.17) is 0 Å². The smallest absolute Gasteiger partial charge is 0.254 e. The normalized spacial score (nSPS) is 15.3. The molecule has 0 spiro atoms. The maximum atomic E-state index is 13.3. The Labute approximate surface area is 220 Å². The van der Waals surface area contributed by atoms with E-state index < -0.39 is 5.92 Å². The molecule has 1 unspecified atom stereocenters. The van der Waals surface area contributed by atoms with Crippen molar-refractivity contribution in [1.82, 2.24) is 5.32 Å². The lowest BCUT2D eigenvalue weighted by Gasteiger charge is -2.29. The number of nitrogens with zero attached hydrogens (tertiary/aromatic N) is 1. The van der Waals surface area contributed by atoms with Gasteiger partial charge in [-0.05, 0) is 48.7 Å². The zero-order valence-electron chi connectivity index (χ0n) is 18.7. The Morgan fingerprint density at radius 2 is 1.86 bits per heavy atom. The average molecular weight is 566 g/mol.